The van der Waals surface area contributed by atoms with E-state index in [0.29, 0.717) is 41.7 Å². The van der Waals surface area contributed by atoms with E-state index in [1.165, 1.54) is 0 Å². The Labute approximate surface area is 165 Å². The first kappa shape index (κ1) is 21.6. The van der Waals surface area contributed by atoms with Crippen molar-refractivity contribution in [2.24, 2.45) is 5.14 Å². The number of hydrogen-bond acceptors (Lipinski definition) is 9. The number of aromatic nitrogens is 1. The molecule has 2 aromatic rings. The maximum Gasteiger partial charge on any atom is 0.359 e. The summed E-state index contributed by atoms with van der Waals surface area (Å²) in [6, 6.07) is 4.82. The molecule has 3 N–H and O–H groups in total. The fourth-order valence-electron chi connectivity index (χ4n) is 2.10. The third-order valence-corrected chi connectivity index (χ3v) is 5.46. The second kappa shape index (κ2) is 9.48. The molecule has 0 atom stereocenters. The number of benzene rings is 1. The molecule has 1 aromatic heterocycles. The van der Waals surface area contributed by atoms with Crippen molar-refractivity contribution in [2.45, 2.75) is 18.1 Å². The minimum atomic E-state index is -4.11. The summed E-state index contributed by atoms with van der Waals surface area (Å²) in [5.74, 6) is -0.707. The van der Waals surface area contributed by atoms with Crippen molar-refractivity contribution in [1.82, 2.24) is 4.98 Å². The molecule has 1 heterocycles. The van der Waals surface area contributed by atoms with Crippen molar-refractivity contribution in [3.8, 4) is 11.5 Å². The molecule has 0 fully saturated rings. The molecule has 0 saturated carbocycles. The van der Waals surface area contributed by atoms with Gasteiger partial charge in [0.25, 0.3) is 5.91 Å². The second-order valence-electron chi connectivity index (χ2n) is 5.19. The zero-order valence-electron chi connectivity index (χ0n) is 15.1. The molecule has 0 spiro atoms. The van der Waals surface area contributed by atoms with Gasteiger partial charge in [-0.15, -0.1) is 11.3 Å². The largest absolute Gasteiger partial charge is 0.490 e. The summed E-state index contributed by atoms with van der Waals surface area (Å²) in [5.41, 5.74) is 1.10. The Morgan fingerprint density at radius 2 is 1.86 bits per heavy atom. The van der Waals surface area contributed by atoms with Gasteiger partial charge >= 0.3 is 5.97 Å². The van der Waals surface area contributed by atoms with Crippen molar-refractivity contribution in [3.05, 3.63) is 29.4 Å². The van der Waals surface area contributed by atoms with Gasteiger partial charge in [-0.05, 0) is 26.0 Å². The first-order chi connectivity index (χ1) is 13.3. The van der Waals surface area contributed by atoms with E-state index in [0.717, 1.165) is 5.51 Å². The normalized spacial score (nSPS) is 11.0. The summed E-state index contributed by atoms with van der Waals surface area (Å²) >= 11 is 0.682. The minimum absolute atomic E-state index is 0.409. The number of sulfonamides is 1. The Balaban J connectivity index is 2.00. The highest BCUT2D eigenvalue weighted by Crippen LogP contribution is 2.30. The number of nitrogens with one attached hydrogen (secondary N) is 1. The van der Waals surface area contributed by atoms with Crippen LogP contribution < -0.4 is 19.9 Å². The maximum atomic E-state index is 12.0. The van der Waals surface area contributed by atoms with Gasteiger partial charge in [0, 0.05) is 11.8 Å². The lowest BCUT2D eigenvalue weighted by Crippen LogP contribution is -2.22. The number of carbonyl (C=O) groups excluding carboxylic acids is 2. The molecule has 1 aromatic carbocycles. The summed E-state index contributed by atoms with van der Waals surface area (Å²) in [7, 11) is -4.11. The molecule has 12 heteroatoms. The number of rotatable bonds is 9. The smallest absolute Gasteiger partial charge is 0.359 e. The van der Waals surface area contributed by atoms with Crippen LogP contribution in [0.25, 0.3) is 0 Å². The van der Waals surface area contributed by atoms with Crippen LogP contribution in [0, 0.1) is 0 Å². The molecule has 0 radical (unpaired) electrons. The number of nitrogens with zero attached hydrogens (tertiary/aromatic N) is 1. The molecule has 152 valence electrons. The van der Waals surface area contributed by atoms with Crippen LogP contribution in [-0.2, 0) is 19.6 Å². The number of carbonyl (C=O) groups is 2. The van der Waals surface area contributed by atoms with Gasteiger partial charge in [-0.3, -0.25) is 4.79 Å². The van der Waals surface area contributed by atoms with Gasteiger partial charge in [0.1, 0.15) is 0 Å². The van der Waals surface area contributed by atoms with Gasteiger partial charge in [-0.25, -0.2) is 23.3 Å². The molecule has 28 heavy (non-hydrogen) atoms. The van der Waals surface area contributed by atoms with E-state index in [1.807, 2.05) is 13.8 Å². The Kier molecular flexibility index (Phi) is 7.31. The van der Waals surface area contributed by atoms with Crippen LogP contribution in [0.3, 0.4) is 0 Å². The zero-order chi connectivity index (χ0) is 20.7. The molecule has 0 bridgehead atoms. The van der Waals surface area contributed by atoms with Crippen LogP contribution >= 0.6 is 11.3 Å². The summed E-state index contributed by atoms with van der Waals surface area (Å²) < 4.78 is 38.1. The molecular formula is C16H19N3O7S2. The van der Waals surface area contributed by atoms with Gasteiger partial charge in [-0.1, -0.05) is 0 Å². The van der Waals surface area contributed by atoms with Gasteiger partial charge in [0.15, 0.2) is 28.0 Å². The number of ether oxygens (including phenoxy) is 3. The number of amides is 1. The molecule has 0 saturated heterocycles. The molecule has 0 aliphatic heterocycles. The molecule has 2 rings (SSSR count). The maximum absolute atomic E-state index is 12.0. The Morgan fingerprint density at radius 3 is 2.50 bits per heavy atom. The summed E-state index contributed by atoms with van der Waals surface area (Å²) in [5, 5.41) is 7.55. The standard InChI is InChI=1S/C16H19N3O7S2/c1-3-24-11-6-5-10(7-12(11)25-4-2)19-13(20)8-26-15(21)14-16(27-9-18-14)28(17,22)23/h5-7,9H,3-4,8H2,1-2H3,(H,19,20)(H2,17,22,23). The average molecular weight is 429 g/mol. The molecule has 10 nitrogen and oxygen atoms in total. The fourth-order valence-corrected chi connectivity index (χ4v) is 3.67. The lowest BCUT2D eigenvalue weighted by Gasteiger charge is -2.13. The summed E-state index contributed by atoms with van der Waals surface area (Å²) in [6.07, 6.45) is 0. The van der Waals surface area contributed by atoms with Gasteiger partial charge in [0.2, 0.25) is 10.0 Å². The molecule has 1 amide bonds. The second-order valence-corrected chi connectivity index (χ2v) is 7.80. The first-order valence-electron chi connectivity index (χ1n) is 8.09. The highest BCUT2D eigenvalue weighted by Gasteiger charge is 2.24. The third kappa shape index (κ3) is 5.65. The van der Waals surface area contributed by atoms with Crippen molar-refractivity contribution in [1.29, 1.82) is 0 Å². The van der Waals surface area contributed by atoms with Crippen molar-refractivity contribution >= 4 is 38.9 Å². The third-order valence-electron chi connectivity index (χ3n) is 3.15. The quantitative estimate of drug-likeness (QED) is 0.568. The Morgan fingerprint density at radius 1 is 1.18 bits per heavy atom. The number of anilines is 1. The topological polar surface area (TPSA) is 147 Å². The van der Waals surface area contributed by atoms with E-state index < -0.39 is 38.4 Å². The summed E-state index contributed by atoms with van der Waals surface area (Å²) in [6.45, 7) is 3.88. The highest BCUT2D eigenvalue weighted by molar-refractivity contribution is 7.91. The van der Waals surface area contributed by atoms with E-state index >= 15 is 0 Å². The number of esters is 1. The molecule has 0 aliphatic carbocycles. The average Bonchev–Trinajstić information content (AvgIpc) is 3.12. The molecular weight excluding hydrogens is 410 g/mol. The SMILES string of the molecule is CCOc1ccc(NC(=O)COC(=O)c2ncsc2S(N)(=O)=O)cc1OCC. The van der Waals surface area contributed by atoms with Crippen LogP contribution in [0.5, 0.6) is 11.5 Å². The van der Waals surface area contributed by atoms with E-state index in [9.17, 15) is 18.0 Å². The summed E-state index contributed by atoms with van der Waals surface area (Å²) in [4.78, 5) is 27.6. The monoisotopic (exact) mass is 429 g/mol. The van der Waals surface area contributed by atoms with Crippen LogP contribution in [0.2, 0.25) is 0 Å². The van der Waals surface area contributed by atoms with Crippen molar-refractivity contribution < 1.29 is 32.2 Å². The minimum Gasteiger partial charge on any atom is -0.490 e. The van der Waals surface area contributed by atoms with Gasteiger partial charge in [-0.2, -0.15) is 0 Å². The van der Waals surface area contributed by atoms with E-state index in [2.05, 4.69) is 10.3 Å². The lowest BCUT2D eigenvalue weighted by atomic mass is 10.2. The predicted octanol–water partition coefficient (Wildman–Crippen LogP) is 1.38. The Bertz CT molecular complexity index is 957. The van der Waals surface area contributed by atoms with Crippen LogP contribution in [0.15, 0.2) is 27.9 Å². The zero-order valence-corrected chi connectivity index (χ0v) is 16.8. The molecule has 0 unspecified atom stereocenters. The Hall–Kier alpha value is -2.70. The predicted molar refractivity (Wildman–Crippen MR) is 101 cm³/mol. The number of nitrogens with two attached hydrogens (primary N) is 1. The molecule has 0 aliphatic rings. The van der Waals surface area contributed by atoms with Gasteiger partial charge in [0.05, 0.1) is 18.7 Å². The fraction of sp³-hybridized carbons (Fsp3) is 0.312. The van der Waals surface area contributed by atoms with Crippen LogP contribution in [0.1, 0.15) is 24.3 Å². The van der Waals surface area contributed by atoms with Gasteiger partial charge < -0.3 is 19.5 Å². The van der Waals surface area contributed by atoms with Crippen molar-refractivity contribution in [2.75, 3.05) is 25.1 Å². The highest BCUT2D eigenvalue weighted by atomic mass is 32.2. The number of hydrogen-bond donors (Lipinski definition) is 2. The van der Waals surface area contributed by atoms with Crippen LogP contribution in [-0.4, -0.2) is 45.1 Å². The van der Waals surface area contributed by atoms with Crippen LogP contribution in [0.4, 0.5) is 5.69 Å². The van der Waals surface area contributed by atoms with E-state index in [-0.39, 0.29) is 0 Å². The first-order valence-corrected chi connectivity index (χ1v) is 10.5. The van der Waals surface area contributed by atoms with E-state index in [1.54, 1.807) is 18.2 Å². The number of primary sulfonamides is 1. The van der Waals surface area contributed by atoms with E-state index in [4.69, 9.17) is 19.3 Å². The lowest BCUT2D eigenvalue weighted by molar-refractivity contribution is -0.119. The van der Waals surface area contributed by atoms with Crippen molar-refractivity contribution in [3.63, 3.8) is 0 Å². The number of thiazole rings is 1.